The zero-order chi connectivity index (χ0) is 14.3. The van der Waals surface area contributed by atoms with Gasteiger partial charge in [0.2, 0.25) is 5.75 Å². The molecule has 0 aromatic heterocycles. The van der Waals surface area contributed by atoms with E-state index in [0.29, 0.717) is 22.3 Å². The molecule has 0 aliphatic heterocycles. The smallest absolute Gasteiger partial charge is 0.203 e. The second-order valence-electron chi connectivity index (χ2n) is 3.92. The predicted octanol–water partition coefficient (Wildman–Crippen LogP) is 2.94. The van der Waals surface area contributed by atoms with Crippen molar-refractivity contribution in [3.8, 4) is 17.2 Å². The van der Waals surface area contributed by atoms with E-state index < -0.39 is 0 Å². The van der Waals surface area contributed by atoms with Crippen LogP contribution in [-0.4, -0.2) is 27.4 Å². The molecule has 5 heteroatoms. The van der Waals surface area contributed by atoms with Gasteiger partial charge in [-0.3, -0.25) is 0 Å². The number of hydrogen-bond acceptors (Lipinski definition) is 4. The van der Waals surface area contributed by atoms with Crippen molar-refractivity contribution >= 4 is 11.6 Å². The molecule has 0 unspecified atom stereocenters. The molecule has 106 valence electrons. The summed E-state index contributed by atoms with van der Waals surface area (Å²) in [7, 11) is 3.18. The van der Waals surface area contributed by atoms with Crippen LogP contribution in [0.4, 0.5) is 0 Å². The third-order valence-corrected chi connectivity index (χ3v) is 2.58. The first-order chi connectivity index (χ1) is 9.12. The molecule has 0 spiro atoms. The van der Waals surface area contributed by atoms with Crippen LogP contribution in [-0.2, 0) is 6.54 Å². The van der Waals surface area contributed by atoms with Gasteiger partial charge in [0.05, 0.1) is 14.2 Å². The first-order valence-electron chi connectivity index (χ1n) is 6.04. The maximum Gasteiger partial charge on any atom is 0.203 e. The fourth-order valence-electron chi connectivity index (χ4n) is 1.60. The Morgan fingerprint density at radius 2 is 1.84 bits per heavy atom. The van der Waals surface area contributed by atoms with E-state index in [1.54, 1.807) is 14.2 Å². The number of methoxy groups -OCH3 is 2. The minimum absolute atomic E-state index is 0.209. The number of benzene rings is 1. The molecule has 0 saturated carbocycles. The third-order valence-electron chi connectivity index (χ3n) is 2.47. The molecule has 4 nitrogen and oxygen atoms in total. The summed E-state index contributed by atoms with van der Waals surface area (Å²) >= 11 is 5.71. The van der Waals surface area contributed by atoms with E-state index in [9.17, 15) is 0 Å². The summed E-state index contributed by atoms with van der Waals surface area (Å²) in [6, 6.07) is 3.83. The van der Waals surface area contributed by atoms with Gasteiger partial charge in [-0.05, 0) is 24.2 Å². The van der Waals surface area contributed by atoms with Gasteiger partial charge in [-0.1, -0.05) is 25.1 Å². The van der Waals surface area contributed by atoms with Crippen molar-refractivity contribution in [1.29, 1.82) is 0 Å². The van der Waals surface area contributed by atoms with E-state index in [-0.39, 0.29) is 6.61 Å². The first-order valence-corrected chi connectivity index (χ1v) is 6.41. The van der Waals surface area contributed by atoms with Gasteiger partial charge in [0, 0.05) is 11.6 Å². The molecule has 19 heavy (non-hydrogen) atoms. The molecule has 1 aromatic rings. The van der Waals surface area contributed by atoms with E-state index >= 15 is 0 Å². The van der Waals surface area contributed by atoms with Gasteiger partial charge in [0.15, 0.2) is 11.5 Å². The van der Waals surface area contributed by atoms with Gasteiger partial charge in [0.1, 0.15) is 6.61 Å². The molecule has 1 aromatic carbocycles. The minimum atomic E-state index is 0.209. The summed E-state index contributed by atoms with van der Waals surface area (Å²) in [6.45, 7) is 7.49. The summed E-state index contributed by atoms with van der Waals surface area (Å²) in [5.74, 6) is 1.77. The lowest BCUT2D eigenvalue weighted by Crippen LogP contribution is -2.12. The summed E-state index contributed by atoms with van der Waals surface area (Å²) in [5, 5.41) is 3.67. The predicted molar refractivity (Wildman–Crippen MR) is 77.4 cm³/mol. The first kappa shape index (κ1) is 15.7. The Bertz CT molecular complexity index is 410. The average Bonchev–Trinajstić information content (AvgIpc) is 2.42. The summed E-state index contributed by atoms with van der Waals surface area (Å²) in [5.41, 5.74) is 1.06. The average molecular weight is 286 g/mol. The fourth-order valence-corrected chi connectivity index (χ4v) is 1.65. The van der Waals surface area contributed by atoms with Crippen molar-refractivity contribution in [3.05, 3.63) is 29.3 Å². The molecule has 0 saturated heterocycles. The van der Waals surface area contributed by atoms with Crippen LogP contribution in [0.25, 0.3) is 0 Å². The van der Waals surface area contributed by atoms with E-state index in [0.717, 1.165) is 18.7 Å². The van der Waals surface area contributed by atoms with Gasteiger partial charge in [-0.25, -0.2) is 0 Å². The Balaban J connectivity index is 3.02. The maximum atomic E-state index is 5.71. The number of nitrogens with one attached hydrogen (secondary N) is 1. The van der Waals surface area contributed by atoms with Gasteiger partial charge < -0.3 is 19.5 Å². The molecular weight excluding hydrogens is 266 g/mol. The zero-order valence-corrected chi connectivity index (χ0v) is 12.3. The largest absolute Gasteiger partial charge is 0.493 e. The Labute approximate surface area is 119 Å². The second kappa shape index (κ2) is 7.92. The molecule has 0 bridgehead atoms. The van der Waals surface area contributed by atoms with Crippen molar-refractivity contribution in [1.82, 2.24) is 5.32 Å². The standard InChI is InChI=1S/C14H20ClNO3/c1-5-16-8-11-6-12(17-3)14(13(7-11)18-4)19-9-10(2)15/h6-7,16H,2,5,8-9H2,1,3-4H3. The van der Waals surface area contributed by atoms with Crippen LogP contribution >= 0.6 is 11.6 Å². The lowest BCUT2D eigenvalue weighted by atomic mass is 10.1. The van der Waals surface area contributed by atoms with Gasteiger partial charge in [-0.15, -0.1) is 0 Å². The van der Waals surface area contributed by atoms with Gasteiger partial charge in [-0.2, -0.15) is 0 Å². The molecule has 0 heterocycles. The summed E-state index contributed by atoms with van der Waals surface area (Å²) < 4.78 is 16.2. The highest BCUT2D eigenvalue weighted by Gasteiger charge is 2.14. The minimum Gasteiger partial charge on any atom is -0.493 e. The SMILES string of the molecule is C=C(Cl)COc1c(OC)cc(CNCC)cc1OC. The number of rotatable bonds is 8. The number of halogens is 1. The quantitative estimate of drug-likeness (QED) is 0.797. The Kier molecular flexibility index (Phi) is 6.53. The molecule has 0 fully saturated rings. The molecular formula is C14H20ClNO3. The number of hydrogen-bond donors (Lipinski definition) is 1. The van der Waals surface area contributed by atoms with E-state index in [2.05, 4.69) is 18.8 Å². The lowest BCUT2D eigenvalue weighted by molar-refractivity contribution is 0.298. The Hall–Kier alpha value is -1.39. The summed E-state index contributed by atoms with van der Waals surface area (Å²) in [6.07, 6.45) is 0. The van der Waals surface area contributed by atoms with Crippen LogP contribution < -0.4 is 19.5 Å². The maximum absolute atomic E-state index is 5.71. The van der Waals surface area contributed by atoms with E-state index in [4.69, 9.17) is 25.8 Å². The van der Waals surface area contributed by atoms with Crippen molar-refractivity contribution in [2.45, 2.75) is 13.5 Å². The van der Waals surface area contributed by atoms with Crippen LogP contribution in [0.3, 0.4) is 0 Å². The topological polar surface area (TPSA) is 39.7 Å². The molecule has 0 atom stereocenters. The zero-order valence-electron chi connectivity index (χ0n) is 11.6. The van der Waals surface area contributed by atoms with Crippen LogP contribution in [0, 0.1) is 0 Å². The highest BCUT2D eigenvalue weighted by atomic mass is 35.5. The van der Waals surface area contributed by atoms with Crippen molar-refractivity contribution in [2.75, 3.05) is 27.4 Å². The lowest BCUT2D eigenvalue weighted by Gasteiger charge is -2.16. The Morgan fingerprint density at radius 3 is 2.26 bits per heavy atom. The molecule has 0 aliphatic carbocycles. The van der Waals surface area contributed by atoms with Crippen LogP contribution in [0.1, 0.15) is 12.5 Å². The Morgan fingerprint density at radius 1 is 1.26 bits per heavy atom. The van der Waals surface area contributed by atoms with Crippen molar-refractivity contribution < 1.29 is 14.2 Å². The molecule has 0 aliphatic rings. The molecule has 0 radical (unpaired) electrons. The third kappa shape index (κ3) is 4.65. The highest BCUT2D eigenvalue weighted by molar-refractivity contribution is 6.29. The summed E-state index contributed by atoms with van der Waals surface area (Å²) in [4.78, 5) is 0. The number of ether oxygens (including phenoxy) is 3. The van der Waals surface area contributed by atoms with Crippen molar-refractivity contribution in [3.63, 3.8) is 0 Å². The van der Waals surface area contributed by atoms with Gasteiger partial charge in [0.25, 0.3) is 0 Å². The normalized spacial score (nSPS) is 10.1. The molecule has 1 rings (SSSR count). The van der Waals surface area contributed by atoms with Crippen molar-refractivity contribution in [2.24, 2.45) is 0 Å². The monoisotopic (exact) mass is 285 g/mol. The fraction of sp³-hybridized carbons (Fsp3) is 0.429. The second-order valence-corrected chi connectivity index (χ2v) is 4.45. The van der Waals surface area contributed by atoms with E-state index in [1.165, 1.54) is 0 Å². The molecule has 0 amide bonds. The molecule has 1 N–H and O–H groups in total. The van der Waals surface area contributed by atoms with Crippen LogP contribution in [0.2, 0.25) is 0 Å². The van der Waals surface area contributed by atoms with E-state index in [1.807, 2.05) is 12.1 Å². The van der Waals surface area contributed by atoms with Gasteiger partial charge >= 0.3 is 0 Å². The van der Waals surface area contributed by atoms with Crippen LogP contribution in [0.5, 0.6) is 17.2 Å². The highest BCUT2D eigenvalue weighted by Crippen LogP contribution is 2.38. The van der Waals surface area contributed by atoms with Crippen LogP contribution in [0.15, 0.2) is 23.7 Å².